The summed E-state index contributed by atoms with van der Waals surface area (Å²) in [7, 11) is 0. The van der Waals surface area contributed by atoms with E-state index in [0.717, 1.165) is 0 Å². The highest BCUT2D eigenvalue weighted by Gasteiger charge is 2.20. The molecule has 0 atom stereocenters. The van der Waals surface area contributed by atoms with Gasteiger partial charge in [-0.1, -0.05) is 39.5 Å². The zero-order valence-corrected chi connectivity index (χ0v) is 11.2. The van der Waals surface area contributed by atoms with Crippen LogP contribution in [0.15, 0.2) is 36.5 Å². The number of rotatable bonds is 4. The van der Waals surface area contributed by atoms with Crippen LogP contribution in [-0.4, -0.2) is 10.8 Å². The number of amides is 1. The van der Waals surface area contributed by atoms with E-state index in [1.807, 2.05) is 20.8 Å². The fraction of sp³-hybridized carbons (Fsp3) is 0.308. The molecule has 1 amide bonds. The van der Waals surface area contributed by atoms with Crippen molar-refractivity contribution in [3.05, 3.63) is 52.2 Å². The van der Waals surface area contributed by atoms with Crippen LogP contribution in [0.2, 0.25) is 0 Å². The van der Waals surface area contributed by atoms with Crippen LogP contribution in [0, 0.1) is 15.5 Å². The predicted molar refractivity (Wildman–Crippen MR) is 72.3 cm³/mol. The summed E-state index contributed by atoms with van der Waals surface area (Å²) in [6.07, 6.45) is 0. The Morgan fingerprint density at radius 3 is 2.37 bits per heavy atom. The lowest BCUT2D eigenvalue weighted by atomic mass is 9.93. The number of carbonyl (C=O) groups is 1. The SMILES string of the molecule is C=C(NNC(=O)c1ccccc1[N+](=O)[O-])C(C)(C)C. The van der Waals surface area contributed by atoms with E-state index in [4.69, 9.17) is 0 Å². The monoisotopic (exact) mass is 263 g/mol. The first-order valence-electron chi connectivity index (χ1n) is 5.72. The molecule has 0 aromatic heterocycles. The van der Waals surface area contributed by atoms with Gasteiger partial charge in [-0.3, -0.25) is 20.3 Å². The van der Waals surface area contributed by atoms with Crippen LogP contribution >= 0.6 is 0 Å². The zero-order valence-electron chi connectivity index (χ0n) is 11.2. The van der Waals surface area contributed by atoms with Crippen molar-refractivity contribution in [3.8, 4) is 0 Å². The molecule has 0 fully saturated rings. The molecule has 0 radical (unpaired) electrons. The molecule has 0 aliphatic heterocycles. The number of allylic oxidation sites excluding steroid dienone is 1. The number of nitrogens with zero attached hydrogens (tertiary/aromatic N) is 1. The maximum atomic E-state index is 11.9. The Morgan fingerprint density at radius 1 is 1.26 bits per heavy atom. The number of para-hydroxylation sites is 1. The van der Waals surface area contributed by atoms with Gasteiger partial charge in [0.15, 0.2) is 0 Å². The van der Waals surface area contributed by atoms with Crippen molar-refractivity contribution >= 4 is 11.6 Å². The van der Waals surface area contributed by atoms with Gasteiger partial charge in [-0.15, -0.1) is 0 Å². The van der Waals surface area contributed by atoms with Crippen LogP contribution in [-0.2, 0) is 0 Å². The van der Waals surface area contributed by atoms with Crippen molar-refractivity contribution in [1.82, 2.24) is 10.9 Å². The topological polar surface area (TPSA) is 84.3 Å². The van der Waals surface area contributed by atoms with E-state index in [1.54, 1.807) is 6.07 Å². The van der Waals surface area contributed by atoms with E-state index < -0.39 is 10.8 Å². The van der Waals surface area contributed by atoms with Gasteiger partial charge in [0.1, 0.15) is 5.56 Å². The summed E-state index contributed by atoms with van der Waals surface area (Å²) in [5.41, 5.74) is 5.23. The molecule has 0 bridgehead atoms. The summed E-state index contributed by atoms with van der Waals surface area (Å²) in [6.45, 7) is 9.58. The Kier molecular flexibility index (Phi) is 4.26. The average molecular weight is 263 g/mol. The lowest BCUT2D eigenvalue weighted by Crippen LogP contribution is -2.40. The maximum Gasteiger partial charge on any atom is 0.282 e. The first-order chi connectivity index (χ1) is 8.73. The minimum absolute atomic E-state index is 0.00158. The van der Waals surface area contributed by atoms with Gasteiger partial charge in [0.05, 0.1) is 4.92 Å². The number of hydrogen-bond acceptors (Lipinski definition) is 4. The number of nitro groups is 1. The van der Waals surface area contributed by atoms with E-state index in [-0.39, 0.29) is 16.7 Å². The van der Waals surface area contributed by atoms with Gasteiger partial charge in [-0.25, -0.2) is 0 Å². The normalized spacial score (nSPS) is 10.7. The number of carbonyl (C=O) groups excluding carboxylic acids is 1. The molecule has 0 saturated heterocycles. The zero-order chi connectivity index (χ0) is 14.6. The third kappa shape index (κ3) is 3.80. The number of benzene rings is 1. The van der Waals surface area contributed by atoms with Crippen molar-refractivity contribution in [2.75, 3.05) is 0 Å². The summed E-state index contributed by atoms with van der Waals surface area (Å²) < 4.78 is 0. The number of hydrazine groups is 1. The Labute approximate surface area is 111 Å². The molecule has 0 saturated carbocycles. The summed E-state index contributed by atoms with van der Waals surface area (Å²) in [6, 6.07) is 5.76. The van der Waals surface area contributed by atoms with Crippen LogP contribution < -0.4 is 10.9 Å². The van der Waals surface area contributed by atoms with Crippen molar-refractivity contribution in [1.29, 1.82) is 0 Å². The second-order valence-corrected chi connectivity index (χ2v) is 5.08. The van der Waals surface area contributed by atoms with E-state index in [0.29, 0.717) is 5.70 Å². The molecular weight excluding hydrogens is 246 g/mol. The maximum absolute atomic E-state index is 11.9. The molecule has 0 aliphatic carbocycles. The summed E-state index contributed by atoms with van der Waals surface area (Å²) in [5.74, 6) is -0.572. The standard InChI is InChI=1S/C13H17N3O3/c1-9(13(2,3)4)14-15-12(17)10-7-5-6-8-11(10)16(18)19/h5-8,14H,1H2,2-4H3,(H,15,17). The van der Waals surface area contributed by atoms with Crippen molar-refractivity contribution < 1.29 is 9.72 Å². The third-order valence-corrected chi connectivity index (χ3v) is 2.58. The molecule has 1 aromatic carbocycles. The Morgan fingerprint density at radius 2 is 1.84 bits per heavy atom. The second-order valence-electron chi connectivity index (χ2n) is 5.08. The lowest BCUT2D eigenvalue weighted by molar-refractivity contribution is -0.385. The number of nitrogens with one attached hydrogen (secondary N) is 2. The molecule has 6 heteroatoms. The highest BCUT2D eigenvalue weighted by atomic mass is 16.6. The van der Waals surface area contributed by atoms with E-state index in [2.05, 4.69) is 17.4 Å². The lowest BCUT2D eigenvalue weighted by Gasteiger charge is -2.23. The van der Waals surface area contributed by atoms with Gasteiger partial charge in [0, 0.05) is 17.2 Å². The van der Waals surface area contributed by atoms with Gasteiger partial charge in [0.25, 0.3) is 11.6 Å². The first-order valence-corrected chi connectivity index (χ1v) is 5.72. The summed E-state index contributed by atoms with van der Waals surface area (Å²) >= 11 is 0. The summed E-state index contributed by atoms with van der Waals surface area (Å²) in [4.78, 5) is 22.1. The molecule has 2 N–H and O–H groups in total. The molecule has 1 rings (SSSR count). The van der Waals surface area contributed by atoms with Gasteiger partial charge >= 0.3 is 0 Å². The minimum atomic E-state index is -0.590. The molecule has 0 spiro atoms. The Hall–Kier alpha value is -2.37. The van der Waals surface area contributed by atoms with Crippen molar-refractivity contribution in [2.45, 2.75) is 20.8 Å². The molecule has 6 nitrogen and oxygen atoms in total. The molecule has 19 heavy (non-hydrogen) atoms. The molecular formula is C13H17N3O3. The molecule has 102 valence electrons. The average Bonchev–Trinajstić information content (AvgIpc) is 2.34. The fourth-order valence-corrected chi connectivity index (χ4v) is 1.21. The van der Waals surface area contributed by atoms with Gasteiger partial charge in [-0.2, -0.15) is 0 Å². The molecule has 0 aliphatic rings. The number of hydrogen-bond donors (Lipinski definition) is 2. The summed E-state index contributed by atoms with van der Waals surface area (Å²) in [5, 5.41) is 10.8. The fourth-order valence-electron chi connectivity index (χ4n) is 1.21. The van der Waals surface area contributed by atoms with Gasteiger partial charge in [0.2, 0.25) is 0 Å². The van der Waals surface area contributed by atoms with Crippen molar-refractivity contribution in [2.24, 2.45) is 5.41 Å². The molecule has 0 heterocycles. The highest BCUT2D eigenvalue weighted by molar-refractivity contribution is 5.97. The minimum Gasteiger partial charge on any atom is -0.303 e. The van der Waals surface area contributed by atoms with Crippen LogP contribution in [0.1, 0.15) is 31.1 Å². The van der Waals surface area contributed by atoms with Gasteiger partial charge < -0.3 is 5.43 Å². The van der Waals surface area contributed by atoms with Crippen molar-refractivity contribution in [3.63, 3.8) is 0 Å². The van der Waals surface area contributed by atoms with E-state index >= 15 is 0 Å². The molecule has 1 aromatic rings. The van der Waals surface area contributed by atoms with Gasteiger partial charge in [-0.05, 0) is 6.07 Å². The van der Waals surface area contributed by atoms with E-state index in [9.17, 15) is 14.9 Å². The van der Waals surface area contributed by atoms with E-state index in [1.165, 1.54) is 18.2 Å². The highest BCUT2D eigenvalue weighted by Crippen LogP contribution is 2.20. The van der Waals surface area contributed by atoms with Crippen LogP contribution in [0.3, 0.4) is 0 Å². The quantitative estimate of drug-likeness (QED) is 0.645. The predicted octanol–water partition coefficient (Wildman–Crippen LogP) is 2.39. The first kappa shape index (κ1) is 14.7. The largest absolute Gasteiger partial charge is 0.303 e. The van der Waals surface area contributed by atoms with Crippen LogP contribution in [0.25, 0.3) is 0 Å². The van der Waals surface area contributed by atoms with Crippen LogP contribution in [0.5, 0.6) is 0 Å². The van der Waals surface area contributed by atoms with Crippen LogP contribution in [0.4, 0.5) is 5.69 Å². The third-order valence-electron chi connectivity index (χ3n) is 2.58. The molecule has 0 unspecified atom stereocenters. The smallest absolute Gasteiger partial charge is 0.282 e. The second kappa shape index (κ2) is 5.51. The Balaban J connectivity index is 2.80. The Bertz CT molecular complexity index is 518. The number of nitro benzene ring substituents is 1.